The Labute approximate surface area is 143 Å². The Morgan fingerprint density at radius 2 is 1.68 bits per heavy atom. The van der Waals surface area contributed by atoms with Crippen LogP contribution in [0.5, 0.6) is 0 Å². The van der Waals surface area contributed by atoms with Crippen molar-refractivity contribution in [1.29, 1.82) is 0 Å². The fourth-order valence-corrected chi connectivity index (χ4v) is 3.15. The summed E-state index contributed by atoms with van der Waals surface area (Å²) in [7, 11) is -4.46. The lowest BCUT2D eigenvalue weighted by molar-refractivity contribution is -0.116. The van der Waals surface area contributed by atoms with Gasteiger partial charge < -0.3 is 5.11 Å². The lowest BCUT2D eigenvalue weighted by atomic mass is 10.0. The van der Waals surface area contributed by atoms with E-state index in [2.05, 4.69) is 20.3 Å². The van der Waals surface area contributed by atoms with Crippen LogP contribution >= 0.6 is 0 Å². The predicted molar refractivity (Wildman–Crippen MR) is 87.2 cm³/mol. The maximum atomic E-state index is 12.5. The van der Waals surface area contributed by atoms with Crippen LogP contribution < -0.4 is 10.5 Å². The summed E-state index contributed by atoms with van der Waals surface area (Å²) < 4.78 is 23.9. The van der Waals surface area contributed by atoms with Crippen LogP contribution in [0.15, 0.2) is 24.3 Å². The van der Waals surface area contributed by atoms with Gasteiger partial charge >= 0.3 is 5.97 Å². The summed E-state index contributed by atoms with van der Waals surface area (Å²) in [5, 5.41) is 14.7. The molecule has 11 heteroatoms. The molecule has 1 heterocycles. The second-order valence-electron chi connectivity index (χ2n) is 5.10. The molecule has 25 heavy (non-hydrogen) atoms. The smallest absolute Gasteiger partial charge is 0.336 e. The Balaban J connectivity index is 2.49. The van der Waals surface area contributed by atoms with Crippen LogP contribution in [0.3, 0.4) is 0 Å². The zero-order valence-electron chi connectivity index (χ0n) is 13.3. The van der Waals surface area contributed by atoms with Crippen molar-refractivity contribution in [3.8, 4) is 0 Å². The molecule has 0 fully saturated rings. The molecule has 1 atom stereocenters. The number of amides is 1. The normalized spacial score (nSPS) is 12.4. The Kier molecular flexibility index (Phi) is 5.09. The number of carboxylic acid groups (broad SMARTS) is 1. The second kappa shape index (κ2) is 6.91. The lowest BCUT2D eigenvalue weighted by Gasteiger charge is -2.16. The highest BCUT2D eigenvalue weighted by Crippen LogP contribution is 2.25. The van der Waals surface area contributed by atoms with Crippen molar-refractivity contribution in [2.24, 2.45) is 5.14 Å². The zero-order valence-corrected chi connectivity index (χ0v) is 14.1. The highest BCUT2D eigenvalue weighted by Gasteiger charge is 2.35. The summed E-state index contributed by atoms with van der Waals surface area (Å²) in [5.74, 6) is -1.97. The molecule has 2 aromatic rings. The van der Waals surface area contributed by atoms with Gasteiger partial charge in [0.2, 0.25) is 16.0 Å². The predicted octanol–water partition coefficient (Wildman–Crippen LogP) is 0.155. The van der Waals surface area contributed by atoms with Crippen molar-refractivity contribution < 1.29 is 23.1 Å². The van der Waals surface area contributed by atoms with Crippen LogP contribution in [0.1, 0.15) is 32.8 Å². The van der Waals surface area contributed by atoms with Crippen LogP contribution in [0.2, 0.25) is 0 Å². The fraction of sp³-hybridized carbons (Fsp3) is 0.214. The SMILES string of the molecule is Cc1nc(C)nc(NC(=O)C(c2ccccc2C(=O)O)S(N)(=O)=O)n1. The van der Waals surface area contributed by atoms with E-state index in [1.54, 1.807) is 13.8 Å². The molecule has 1 aromatic carbocycles. The highest BCUT2D eigenvalue weighted by molar-refractivity contribution is 7.90. The van der Waals surface area contributed by atoms with Crippen molar-refractivity contribution in [2.75, 3.05) is 5.32 Å². The van der Waals surface area contributed by atoms with Gasteiger partial charge in [0.25, 0.3) is 5.91 Å². The average Bonchev–Trinajstić information content (AvgIpc) is 2.44. The molecule has 0 saturated heterocycles. The van der Waals surface area contributed by atoms with Gasteiger partial charge in [0, 0.05) is 0 Å². The maximum Gasteiger partial charge on any atom is 0.336 e. The first kappa shape index (κ1) is 18.4. The van der Waals surface area contributed by atoms with Crippen molar-refractivity contribution in [2.45, 2.75) is 19.1 Å². The van der Waals surface area contributed by atoms with Gasteiger partial charge in [-0.2, -0.15) is 9.97 Å². The number of rotatable bonds is 5. The lowest BCUT2D eigenvalue weighted by Crippen LogP contribution is -2.34. The number of nitrogens with zero attached hydrogens (tertiary/aromatic N) is 3. The molecule has 0 aliphatic heterocycles. The quantitative estimate of drug-likeness (QED) is 0.673. The number of carbonyl (C=O) groups is 2. The molecular formula is C14H15N5O5S. The Morgan fingerprint density at radius 1 is 1.12 bits per heavy atom. The van der Waals surface area contributed by atoms with Crippen molar-refractivity contribution in [3.63, 3.8) is 0 Å². The van der Waals surface area contributed by atoms with E-state index in [0.29, 0.717) is 11.6 Å². The molecule has 0 aliphatic rings. The molecule has 0 saturated carbocycles. The summed E-state index contributed by atoms with van der Waals surface area (Å²) >= 11 is 0. The van der Waals surface area contributed by atoms with E-state index in [4.69, 9.17) is 5.14 Å². The van der Waals surface area contributed by atoms with Crippen molar-refractivity contribution in [3.05, 3.63) is 47.0 Å². The van der Waals surface area contributed by atoms with Crippen LogP contribution in [0, 0.1) is 13.8 Å². The van der Waals surface area contributed by atoms with Gasteiger partial charge in [-0.1, -0.05) is 18.2 Å². The molecule has 1 unspecified atom stereocenters. The van der Waals surface area contributed by atoms with Gasteiger partial charge in [-0.25, -0.2) is 23.3 Å². The number of primary sulfonamides is 1. The minimum atomic E-state index is -4.46. The summed E-state index contributed by atoms with van der Waals surface area (Å²) in [5.41, 5.74) is -0.600. The van der Waals surface area contributed by atoms with E-state index in [0.717, 1.165) is 0 Å². The van der Waals surface area contributed by atoms with E-state index in [9.17, 15) is 23.1 Å². The molecule has 0 spiro atoms. The average molecular weight is 365 g/mol. The number of nitrogens with two attached hydrogens (primary N) is 1. The summed E-state index contributed by atoms with van der Waals surface area (Å²) in [6, 6.07) is 5.20. The monoisotopic (exact) mass is 365 g/mol. The van der Waals surface area contributed by atoms with E-state index in [1.807, 2.05) is 0 Å². The molecule has 132 valence electrons. The van der Waals surface area contributed by atoms with Crippen molar-refractivity contribution in [1.82, 2.24) is 15.0 Å². The number of aryl methyl sites for hydroxylation is 2. The third-order valence-corrected chi connectivity index (χ3v) is 4.26. The largest absolute Gasteiger partial charge is 0.478 e. The number of aromatic nitrogens is 3. The minimum absolute atomic E-state index is 0.156. The maximum absolute atomic E-state index is 12.5. The van der Waals surface area contributed by atoms with Gasteiger partial charge in [-0.15, -0.1) is 0 Å². The molecule has 0 radical (unpaired) electrons. The number of nitrogens with one attached hydrogen (secondary N) is 1. The van der Waals surface area contributed by atoms with Crippen molar-refractivity contribution >= 4 is 27.8 Å². The van der Waals surface area contributed by atoms with Crippen LogP contribution in [-0.2, 0) is 14.8 Å². The number of carbonyl (C=O) groups excluding carboxylic acids is 1. The molecule has 1 aromatic heterocycles. The number of aromatic carboxylic acids is 1. The fourth-order valence-electron chi connectivity index (χ4n) is 2.24. The Hall–Kier alpha value is -2.92. The second-order valence-corrected chi connectivity index (χ2v) is 6.75. The molecule has 0 aliphatic carbocycles. The molecule has 4 N–H and O–H groups in total. The number of carboxylic acids is 1. The zero-order chi connectivity index (χ0) is 18.8. The summed E-state index contributed by atoms with van der Waals surface area (Å²) in [6.45, 7) is 3.14. The van der Waals surface area contributed by atoms with Gasteiger partial charge in [0.05, 0.1) is 5.56 Å². The molecular weight excluding hydrogens is 350 g/mol. The van der Waals surface area contributed by atoms with Crippen LogP contribution in [-0.4, -0.2) is 40.4 Å². The van der Waals surface area contributed by atoms with Crippen LogP contribution in [0.25, 0.3) is 0 Å². The molecule has 1 amide bonds. The van der Waals surface area contributed by atoms with Gasteiger partial charge in [-0.3, -0.25) is 10.1 Å². The molecule has 10 nitrogen and oxygen atoms in total. The van der Waals surface area contributed by atoms with E-state index in [-0.39, 0.29) is 17.1 Å². The van der Waals surface area contributed by atoms with E-state index >= 15 is 0 Å². The van der Waals surface area contributed by atoms with Gasteiger partial charge in [-0.05, 0) is 25.5 Å². The number of benzene rings is 1. The third kappa shape index (κ3) is 4.33. The minimum Gasteiger partial charge on any atom is -0.478 e. The Bertz CT molecular complexity index is 924. The number of sulfonamides is 1. The number of hydrogen-bond donors (Lipinski definition) is 3. The van der Waals surface area contributed by atoms with Gasteiger partial charge in [0.1, 0.15) is 11.6 Å². The third-order valence-electron chi connectivity index (χ3n) is 3.13. The standard InChI is InChI=1S/C14H15N5O5S/c1-7-16-8(2)18-14(17-7)19-12(20)11(25(15,23)24)9-5-3-4-6-10(9)13(21)22/h3-6,11H,1-2H3,(H,21,22)(H2,15,23,24)(H,16,17,18,19,20). The number of anilines is 1. The summed E-state index contributed by atoms with van der Waals surface area (Å²) in [6.07, 6.45) is 0. The van der Waals surface area contributed by atoms with E-state index < -0.39 is 27.1 Å². The first-order chi connectivity index (χ1) is 11.6. The highest BCUT2D eigenvalue weighted by atomic mass is 32.2. The molecule has 0 bridgehead atoms. The van der Waals surface area contributed by atoms with Gasteiger partial charge in [0.15, 0.2) is 5.25 Å². The Morgan fingerprint density at radius 3 is 2.20 bits per heavy atom. The topological polar surface area (TPSA) is 165 Å². The number of hydrogen-bond acceptors (Lipinski definition) is 7. The summed E-state index contributed by atoms with van der Waals surface area (Å²) in [4.78, 5) is 35.5. The molecule has 2 rings (SSSR count). The first-order valence-corrected chi connectivity index (χ1v) is 8.54. The van der Waals surface area contributed by atoms with E-state index in [1.165, 1.54) is 24.3 Å². The van der Waals surface area contributed by atoms with Crippen LogP contribution in [0.4, 0.5) is 5.95 Å². The first-order valence-electron chi connectivity index (χ1n) is 6.93.